The third-order valence-corrected chi connectivity index (χ3v) is 19.0. The molecular weight excluding hydrogens is 897 g/mol. The van der Waals surface area contributed by atoms with E-state index in [-0.39, 0.29) is 5.54 Å². The third-order valence-electron chi connectivity index (χ3n) is 19.0. The van der Waals surface area contributed by atoms with Gasteiger partial charge in [0.15, 0.2) is 0 Å². The summed E-state index contributed by atoms with van der Waals surface area (Å²) >= 11 is 0. The van der Waals surface area contributed by atoms with E-state index >= 15 is 0 Å². The largest absolute Gasteiger partial charge is 0.328 e. The van der Waals surface area contributed by atoms with Gasteiger partial charge in [0.2, 0.25) is 0 Å². The first-order chi connectivity index (χ1) is 35.0. The Morgan fingerprint density at radius 3 is 0.945 bits per heavy atom. The van der Waals surface area contributed by atoms with E-state index in [1.54, 1.807) is 0 Å². The maximum absolute atomic E-state index is 5.88. The van der Waals surface area contributed by atoms with Crippen LogP contribution in [0.5, 0.6) is 0 Å². The molecule has 0 aliphatic heterocycles. The highest BCUT2D eigenvalue weighted by Crippen LogP contribution is 2.44. The zero-order valence-electron chi connectivity index (χ0n) is 48.8. The number of nitrogens with two attached hydrogens (primary N) is 10. The summed E-state index contributed by atoms with van der Waals surface area (Å²) in [6, 6.07) is 4.81. The molecule has 73 heavy (non-hydrogen) atoms. The monoisotopic (exact) mass is 1030 g/mol. The molecule has 20 N–H and O–H groups in total. The van der Waals surface area contributed by atoms with Crippen LogP contribution in [0.4, 0.5) is 0 Å². The Labute approximate surface area is 453 Å². The molecule has 12 rings (SSSR count). The maximum Gasteiger partial charge on any atom is 0.0125 e. The van der Waals surface area contributed by atoms with E-state index in [9.17, 15) is 0 Å². The van der Waals surface area contributed by atoms with Gasteiger partial charge in [-0.1, -0.05) is 135 Å². The van der Waals surface area contributed by atoms with Crippen LogP contribution in [-0.2, 0) is 0 Å². The summed E-state index contributed by atoms with van der Waals surface area (Å²) in [7, 11) is 0. The van der Waals surface area contributed by atoms with Crippen LogP contribution in [0, 0.1) is 35.5 Å². The summed E-state index contributed by atoms with van der Waals surface area (Å²) in [4.78, 5) is 0. The van der Waals surface area contributed by atoms with Crippen LogP contribution in [-0.4, -0.2) is 59.9 Å². The Kier molecular flexibility index (Phi) is 36.2. The van der Waals surface area contributed by atoms with Gasteiger partial charge >= 0.3 is 0 Å². The van der Waals surface area contributed by atoms with Crippen molar-refractivity contribution in [2.75, 3.05) is 0 Å². The van der Waals surface area contributed by atoms with Crippen molar-refractivity contribution in [3.63, 3.8) is 0 Å². The predicted molar refractivity (Wildman–Crippen MR) is 320 cm³/mol. The molecule has 0 aromatic heterocycles. The molecule has 3 unspecified atom stereocenters. The lowest BCUT2D eigenvalue weighted by atomic mass is 9.84. The average Bonchev–Trinajstić information content (AvgIpc) is 4.23. The van der Waals surface area contributed by atoms with E-state index in [0.717, 1.165) is 41.9 Å². The first kappa shape index (κ1) is 66.6. The highest BCUT2D eigenvalue weighted by molar-refractivity contribution is 4.93. The number of hydrogen-bond acceptors (Lipinski definition) is 10. The lowest BCUT2D eigenvalue weighted by Gasteiger charge is -2.28. The summed E-state index contributed by atoms with van der Waals surface area (Å²) in [5, 5.41) is 0. The first-order valence-corrected chi connectivity index (χ1v) is 32.2. The van der Waals surface area contributed by atoms with Crippen molar-refractivity contribution in [2.45, 2.75) is 350 Å². The summed E-state index contributed by atoms with van der Waals surface area (Å²) in [5.74, 6) is 5.71. The van der Waals surface area contributed by atoms with Crippen LogP contribution in [0.15, 0.2) is 12.2 Å². The number of fused-ring (bicyclic) bond motifs is 4. The van der Waals surface area contributed by atoms with Crippen molar-refractivity contribution in [3.8, 4) is 0 Å². The zero-order chi connectivity index (χ0) is 53.3. The number of allylic oxidation sites excluding steroid dienone is 1. The Bertz CT molecular complexity index is 1240. The van der Waals surface area contributed by atoms with Gasteiger partial charge in [0.25, 0.3) is 0 Å². The van der Waals surface area contributed by atoms with Crippen LogP contribution in [0.2, 0.25) is 0 Å². The van der Waals surface area contributed by atoms with E-state index in [0.29, 0.717) is 54.4 Å². The molecule has 4 bridgehead atoms. The van der Waals surface area contributed by atoms with Gasteiger partial charge in [0, 0.05) is 59.9 Å². The zero-order valence-corrected chi connectivity index (χ0v) is 48.8. The minimum absolute atomic E-state index is 0.179. The highest BCUT2D eigenvalue weighted by Gasteiger charge is 2.38. The maximum atomic E-state index is 5.88. The smallest absolute Gasteiger partial charge is 0.0125 e. The van der Waals surface area contributed by atoms with Crippen molar-refractivity contribution in [3.05, 3.63) is 12.2 Å². The lowest BCUT2D eigenvalue weighted by molar-refractivity contribution is 0.322. The van der Waals surface area contributed by atoms with Crippen molar-refractivity contribution < 1.29 is 0 Å². The van der Waals surface area contributed by atoms with Crippen LogP contribution in [0.25, 0.3) is 0 Å². The molecular formula is C63H130N10. The topological polar surface area (TPSA) is 260 Å². The van der Waals surface area contributed by atoms with E-state index in [4.69, 9.17) is 57.3 Å². The van der Waals surface area contributed by atoms with E-state index in [2.05, 4.69) is 32.9 Å². The number of hydrogen-bond donors (Lipinski definition) is 10. The van der Waals surface area contributed by atoms with E-state index in [1.165, 1.54) is 263 Å². The van der Waals surface area contributed by atoms with E-state index < -0.39 is 0 Å². The Morgan fingerprint density at radius 1 is 0.315 bits per heavy atom. The molecule has 0 aromatic carbocycles. The highest BCUT2D eigenvalue weighted by atomic mass is 14.7. The Morgan fingerprint density at radius 2 is 0.699 bits per heavy atom. The number of rotatable bonds is 0. The minimum atomic E-state index is 0.179. The van der Waals surface area contributed by atoms with Crippen LogP contribution in [0.1, 0.15) is 290 Å². The van der Waals surface area contributed by atoms with Crippen LogP contribution >= 0.6 is 0 Å². The van der Waals surface area contributed by atoms with Crippen molar-refractivity contribution in [2.24, 2.45) is 92.8 Å². The summed E-state index contributed by atoms with van der Waals surface area (Å²) in [6.07, 6.45) is 60.0. The van der Waals surface area contributed by atoms with Crippen molar-refractivity contribution >= 4 is 0 Å². The standard InChI is InChI=1S/2C7H13N.4C7H15N.C6H13N.C6H11N.C5H11N.C4H9N/c2*8-7-4-5-1-2-6(7)3-5;1-6-2-4-7(8)5-3-6;1-6-3-2-4-7(8)5-6;1-7(8)5-3-2-4-6-7;8-7-5-3-1-2-4-6-7;2*7-6-4-2-1-3-5-6;6-5-3-1-2-4-5;5-4-2-1-3-4/h2*5-7H,1-4,8H2;2*6-7H,2-5,8H2,1H3;2-6,8H2,1H3;7H,1-6,8H2;6H,1-5,7H2;1-2,6H,3-5,7H2;5H,1-4,6H2;4H,1-3,5H2/t5-,6+,7+;5-,6+,7-;;;;;;;;/m00......../s1. The molecule has 10 heteroatoms. The first-order valence-electron chi connectivity index (χ1n) is 32.2. The van der Waals surface area contributed by atoms with Gasteiger partial charge in [0.05, 0.1) is 0 Å². The second-order valence-electron chi connectivity index (χ2n) is 26.9. The fourth-order valence-corrected chi connectivity index (χ4v) is 13.4. The lowest BCUT2D eigenvalue weighted by Crippen LogP contribution is -2.37. The SMILES string of the molecule is CC1(N)CCCCC1.CC1CCC(N)CC1.CC1CCCC(N)C1.NC1CC=CCC1.NC1CCC1.NC1CCCC1.NC1CCCCC1.NC1CCCCCC1.N[C@@H]1C[C@H]2CC[C@@H]1C2.N[C@H]1C[C@H]2CC[C@@H]1C2. The molecule has 0 amide bonds. The third kappa shape index (κ3) is 33.4. The van der Waals surface area contributed by atoms with Crippen molar-refractivity contribution in [1.29, 1.82) is 0 Å². The Balaban J connectivity index is 0.000000215. The fraction of sp³-hybridized carbons (Fsp3) is 0.968. The molecule has 11 fully saturated rings. The molecule has 0 heterocycles. The molecule has 10 nitrogen and oxygen atoms in total. The van der Waals surface area contributed by atoms with Gasteiger partial charge in [-0.3, -0.25) is 0 Å². The van der Waals surface area contributed by atoms with Gasteiger partial charge in [-0.15, -0.1) is 0 Å². The molecule has 0 spiro atoms. The summed E-state index contributed by atoms with van der Waals surface area (Å²) in [5.41, 5.74) is 57.0. The molecule has 12 aliphatic carbocycles. The minimum Gasteiger partial charge on any atom is -0.328 e. The fourth-order valence-electron chi connectivity index (χ4n) is 13.4. The quantitative estimate of drug-likeness (QED) is 0.0810. The molecule has 432 valence electrons. The summed E-state index contributed by atoms with van der Waals surface area (Å²) < 4.78 is 0. The van der Waals surface area contributed by atoms with E-state index in [1.807, 2.05) is 0 Å². The normalized spacial score (nSPS) is 35.3. The molecule has 0 saturated heterocycles. The Hall–Kier alpha value is -0.660. The molecule has 0 aromatic rings. The van der Waals surface area contributed by atoms with Crippen molar-refractivity contribution in [1.82, 2.24) is 0 Å². The predicted octanol–water partition coefficient (Wildman–Crippen LogP) is 12.4. The molecule has 9 atom stereocenters. The second kappa shape index (κ2) is 39.7. The average molecular weight is 1030 g/mol. The van der Waals surface area contributed by atoms with Crippen LogP contribution < -0.4 is 57.3 Å². The van der Waals surface area contributed by atoms with Gasteiger partial charge < -0.3 is 57.3 Å². The van der Waals surface area contributed by atoms with Gasteiger partial charge in [-0.2, -0.15) is 0 Å². The molecule has 12 aliphatic rings. The van der Waals surface area contributed by atoms with Crippen LogP contribution in [0.3, 0.4) is 0 Å². The summed E-state index contributed by atoms with van der Waals surface area (Å²) in [6.45, 7) is 6.76. The van der Waals surface area contributed by atoms with Gasteiger partial charge in [-0.05, 0) is 203 Å². The van der Waals surface area contributed by atoms with Gasteiger partial charge in [-0.25, -0.2) is 0 Å². The molecule has 0 radical (unpaired) electrons. The second-order valence-corrected chi connectivity index (χ2v) is 26.9. The van der Waals surface area contributed by atoms with Gasteiger partial charge in [0.1, 0.15) is 0 Å². The molecule has 11 saturated carbocycles.